The molecular weight excluding hydrogens is 294 g/mol. The molecule has 2 saturated heterocycles. The number of nitrogens with zero attached hydrogens (tertiary/aromatic N) is 2. The number of carbonyl (C=O) groups excluding carboxylic acids is 1. The van der Waals surface area contributed by atoms with Gasteiger partial charge >= 0.3 is 12.0 Å². The van der Waals surface area contributed by atoms with Crippen molar-refractivity contribution in [2.24, 2.45) is 5.92 Å². The standard InChI is InChI=1S/C17H23N3O3/c21-16(22)13-6-9-20(12-13)17(23)18-14-7-10-19(11-8-14)15-4-2-1-3-5-15/h1-5,13-14H,6-12H2,(H,18,23)(H,21,22). The number of nitrogens with one attached hydrogen (secondary N) is 1. The lowest BCUT2D eigenvalue weighted by Gasteiger charge is -2.34. The molecule has 3 rings (SSSR count). The van der Waals surface area contributed by atoms with E-state index in [2.05, 4.69) is 22.3 Å². The Morgan fingerprint density at radius 1 is 1.04 bits per heavy atom. The molecule has 0 bridgehead atoms. The molecule has 0 aliphatic carbocycles. The minimum atomic E-state index is -0.809. The van der Waals surface area contributed by atoms with Crippen LogP contribution in [-0.2, 0) is 4.79 Å². The van der Waals surface area contributed by atoms with Gasteiger partial charge in [0.2, 0.25) is 0 Å². The molecule has 6 heteroatoms. The van der Waals surface area contributed by atoms with Crippen molar-refractivity contribution in [3.63, 3.8) is 0 Å². The van der Waals surface area contributed by atoms with Crippen LogP contribution in [0.1, 0.15) is 19.3 Å². The van der Waals surface area contributed by atoms with E-state index < -0.39 is 11.9 Å². The number of carboxylic acid groups (broad SMARTS) is 1. The zero-order valence-corrected chi connectivity index (χ0v) is 13.1. The van der Waals surface area contributed by atoms with Gasteiger partial charge in [-0.15, -0.1) is 0 Å². The summed E-state index contributed by atoms with van der Waals surface area (Å²) in [6.07, 6.45) is 2.38. The summed E-state index contributed by atoms with van der Waals surface area (Å²) in [5.41, 5.74) is 1.22. The summed E-state index contributed by atoms with van der Waals surface area (Å²) in [5, 5.41) is 12.1. The van der Waals surface area contributed by atoms with E-state index in [1.807, 2.05) is 18.2 Å². The lowest BCUT2D eigenvalue weighted by atomic mass is 10.0. The monoisotopic (exact) mass is 317 g/mol. The van der Waals surface area contributed by atoms with E-state index in [0.717, 1.165) is 25.9 Å². The minimum Gasteiger partial charge on any atom is -0.481 e. The molecule has 2 heterocycles. The summed E-state index contributed by atoms with van der Waals surface area (Å²) >= 11 is 0. The Kier molecular flexibility index (Phi) is 4.69. The molecule has 2 aliphatic rings. The molecule has 124 valence electrons. The van der Waals surface area contributed by atoms with Crippen molar-refractivity contribution in [2.45, 2.75) is 25.3 Å². The van der Waals surface area contributed by atoms with Crippen molar-refractivity contribution in [2.75, 3.05) is 31.1 Å². The first-order valence-corrected chi connectivity index (χ1v) is 8.22. The Labute approximate surface area is 136 Å². The van der Waals surface area contributed by atoms with E-state index in [4.69, 9.17) is 5.11 Å². The number of para-hydroxylation sites is 1. The predicted molar refractivity (Wildman–Crippen MR) is 87.5 cm³/mol. The second-order valence-corrected chi connectivity index (χ2v) is 6.32. The molecule has 1 aromatic rings. The summed E-state index contributed by atoms with van der Waals surface area (Å²) in [4.78, 5) is 27.2. The summed E-state index contributed by atoms with van der Waals surface area (Å²) in [5.74, 6) is -1.22. The Hall–Kier alpha value is -2.24. The summed E-state index contributed by atoms with van der Waals surface area (Å²) in [7, 11) is 0. The van der Waals surface area contributed by atoms with E-state index in [0.29, 0.717) is 19.5 Å². The second-order valence-electron chi connectivity index (χ2n) is 6.32. The lowest BCUT2D eigenvalue weighted by molar-refractivity contribution is -0.141. The Balaban J connectivity index is 1.46. The van der Waals surface area contributed by atoms with Gasteiger partial charge in [0.15, 0.2) is 0 Å². The normalized spacial score (nSPS) is 22.2. The maximum absolute atomic E-state index is 12.2. The molecule has 0 aromatic heterocycles. The highest BCUT2D eigenvalue weighted by Crippen LogP contribution is 2.20. The maximum atomic E-state index is 12.2. The number of hydrogen-bond donors (Lipinski definition) is 2. The highest BCUT2D eigenvalue weighted by molar-refractivity contribution is 5.77. The van der Waals surface area contributed by atoms with E-state index in [-0.39, 0.29) is 12.1 Å². The average Bonchev–Trinajstić information content (AvgIpc) is 3.07. The smallest absolute Gasteiger partial charge is 0.317 e. The van der Waals surface area contributed by atoms with Gasteiger partial charge in [0.25, 0.3) is 0 Å². The van der Waals surface area contributed by atoms with Crippen molar-refractivity contribution >= 4 is 17.7 Å². The molecular formula is C17H23N3O3. The first kappa shape index (κ1) is 15.6. The Bertz CT molecular complexity index is 555. The molecule has 6 nitrogen and oxygen atoms in total. The number of likely N-dealkylation sites (tertiary alicyclic amines) is 1. The third-order valence-corrected chi connectivity index (χ3v) is 4.77. The number of carboxylic acids is 1. The quantitative estimate of drug-likeness (QED) is 0.891. The van der Waals surface area contributed by atoms with Crippen LogP contribution in [0, 0.1) is 5.92 Å². The zero-order chi connectivity index (χ0) is 16.2. The van der Waals surface area contributed by atoms with Crippen molar-refractivity contribution < 1.29 is 14.7 Å². The van der Waals surface area contributed by atoms with Gasteiger partial charge < -0.3 is 20.2 Å². The fourth-order valence-electron chi connectivity index (χ4n) is 3.33. The minimum absolute atomic E-state index is 0.119. The van der Waals surface area contributed by atoms with Gasteiger partial charge in [-0.1, -0.05) is 18.2 Å². The van der Waals surface area contributed by atoms with Gasteiger partial charge in [0.05, 0.1) is 5.92 Å². The number of aliphatic carboxylic acids is 1. The molecule has 0 spiro atoms. The Morgan fingerprint density at radius 3 is 2.35 bits per heavy atom. The number of benzene rings is 1. The van der Waals surface area contributed by atoms with E-state index in [9.17, 15) is 9.59 Å². The first-order chi connectivity index (χ1) is 11.1. The third kappa shape index (κ3) is 3.75. The highest BCUT2D eigenvalue weighted by atomic mass is 16.4. The molecule has 1 unspecified atom stereocenters. The van der Waals surface area contributed by atoms with Crippen LogP contribution in [0.2, 0.25) is 0 Å². The van der Waals surface area contributed by atoms with Gasteiger partial charge in [0, 0.05) is 37.9 Å². The number of carbonyl (C=O) groups is 2. The van der Waals surface area contributed by atoms with Crippen LogP contribution in [-0.4, -0.2) is 54.2 Å². The second kappa shape index (κ2) is 6.89. The van der Waals surface area contributed by atoms with Crippen LogP contribution in [0.25, 0.3) is 0 Å². The fourth-order valence-corrected chi connectivity index (χ4v) is 3.33. The summed E-state index contributed by atoms with van der Waals surface area (Å²) < 4.78 is 0. The molecule has 2 fully saturated rings. The van der Waals surface area contributed by atoms with Crippen molar-refractivity contribution in [3.05, 3.63) is 30.3 Å². The number of piperidine rings is 1. The molecule has 23 heavy (non-hydrogen) atoms. The Morgan fingerprint density at radius 2 is 1.74 bits per heavy atom. The van der Waals surface area contributed by atoms with Gasteiger partial charge in [0.1, 0.15) is 0 Å². The van der Waals surface area contributed by atoms with Gasteiger partial charge in [-0.05, 0) is 31.4 Å². The number of rotatable bonds is 3. The SMILES string of the molecule is O=C(O)C1CCN(C(=O)NC2CCN(c3ccccc3)CC2)C1. The van der Waals surface area contributed by atoms with Crippen molar-refractivity contribution in [1.82, 2.24) is 10.2 Å². The molecule has 2 N–H and O–H groups in total. The molecule has 1 aromatic carbocycles. The summed E-state index contributed by atoms with van der Waals surface area (Å²) in [6, 6.07) is 10.4. The van der Waals surface area contributed by atoms with Crippen LogP contribution >= 0.6 is 0 Å². The van der Waals surface area contributed by atoms with Crippen LogP contribution in [0.5, 0.6) is 0 Å². The lowest BCUT2D eigenvalue weighted by Crippen LogP contribution is -2.49. The number of hydrogen-bond acceptors (Lipinski definition) is 3. The molecule has 1 atom stereocenters. The van der Waals surface area contributed by atoms with Crippen molar-refractivity contribution in [1.29, 1.82) is 0 Å². The van der Waals surface area contributed by atoms with E-state index in [1.165, 1.54) is 5.69 Å². The molecule has 0 radical (unpaired) electrons. The van der Waals surface area contributed by atoms with Crippen molar-refractivity contribution in [3.8, 4) is 0 Å². The molecule has 2 aliphatic heterocycles. The van der Waals surface area contributed by atoms with E-state index >= 15 is 0 Å². The van der Waals surface area contributed by atoms with Crippen LogP contribution in [0.4, 0.5) is 10.5 Å². The van der Waals surface area contributed by atoms with Gasteiger partial charge in [-0.2, -0.15) is 0 Å². The number of amides is 2. The van der Waals surface area contributed by atoms with Gasteiger partial charge in [-0.25, -0.2) is 4.79 Å². The molecule has 0 saturated carbocycles. The van der Waals surface area contributed by atoms with Crippen LogP contribution in [0.15, 0.2) is 30.3 Å². The number of urea groups is 1. The number of anilines is 1. The maximum Gasteiger partial charge on any atom is 0.317 e. The average molecular weight is 317 g/mol. The van der Waals surface area contributed by atoms with Crippen LogP contribution in [0.3, 0.4) is 0 Å². The summed E-state index contributed by atoms with van der Waals surface area (Å²) in [6.45, 7) is 2.70. The molecule has 2 amide bonds. The highest BCUT2D eigenvalue weighted by Gasteiger charge is 2.32. The first-order valence-electron chi connectivity index (χ1n) is 8.22. The fraction of sp³-hybridized carbons (Fsp3) is 0.529. The third-order valence-electron chi connectivity index (χ3n) is 4.77. The van der Waals surface area contributed by atoms with Gasteiger partial charge in [-0.3, -0.25) is 4.79 Å². The van der Waals surface area contributed by atoms with E-state index in [1.54, 1.807) is 4.90 Å². The van der Waals surface area contributed by atoms with Crippen LogP contribution < -0.4 is 10.2 Å². The predicted octanol–water partition coefficient (Wildman–Crippen LogP) is 1.77. The topological polar surface area (TPSA) is 72.9 Å². The zero-order valence-electron chi connectivity index (χ0n) is 13.1. The largest absolute Gasteiger partial charge is 0.481 e.